The van der Waals surface area contributed by atoms with E-state index in [-0.39, 0.29) is 5.82 Å². The summed E-state index contributed by atoms with van der Waals surface area (Å²) in [6, 6.07) is 16.2. The number of hydrogen-bond donors (Lipinski definition) is 1. The van der Waals surface area contributed by atoms with E-state index >= 15 is 0 Å². The number of halogens is 2. The fourth-order valence-electron chi connectivity index (χ4n) is 2.96. The molecule has 3 aromatic rings. The van der Waals surface area contributed by atoms with Gasteiger partial charge >= 0.3 is 6.09 Å². The van der Waals surface area contributed by atoms with Crippen molar-refractivity contribution in [3.63, 3.8) is 0 Å². The largest absolute Gasteiger partial charge is 0.439 e. The number of pyridine rings is 1. The molecule has 1 N–H and O–H groups in total. The van der Waals surface area contributed by atoms with Gasteiger partial charge in [0.1, 0.15) is 11.9 Å². The first-order valence-electron chi connectivity index (χ1n) is 8.55. The van der Waals surface area contributed by atoms with Crippen LogP contribution >= 0.6 is 11.6 Å². The summed E-state index contributed by atoms with van der Waals surface area (Å²) in [5.74, 6) is 5.74. The van der Waals surface area contributed by atoms with E-state index in [0.717, 1.165) is 11.1 Å². The third-order valence-corrected chi connectivity index (χ3v) is 4.65. The van der Waals surface area contributed by atoms with Gasteiger partial charge in [-0.15, -0.1) is 0 Å². The molecule has 0 spiro atoms. The predicted octanol–water partition coefficient (Wildman–Crippen LogP) is 4.80. The van der Waals surface area contributed by atoms with Crippen LogP contribution in [0, 0.1) is 17.7 Å². The molecule has 2 heterocycles. The zero-order valence-corrected chi connectivity index (χ0v) is 15.3. The van der Waals surface area contributed by atoms with Crippen molar-refractivity contribution in [2.24, 2.45) is 0 Å². The van der Waals surface area contributed by atoms with Gasteiger partial charge in [0.05, 0.1) is 10.7 Å². The monoisotopic (exact) mass is 392 g/mol. The molecule has 0 aliphatic carbocycles. The van der Waals surface area contributed by atoms with Gasteiger partial charge in [-0.3, -0.25) is 4.98 Å². The summed E-state index contributed by atoms with van der Waals surface area (Å²) in [6.07, 6.45) is 0.471. The van der Waals surface area contributed by atoms with Crippen molar-refractivity contribution < 1.29 is 13.9 Å². The number of alkyl carbamates (subject to hydrolysis) is 1. The van der Waals surface area contributed by atoms with Gasteiger partial charge in [-0.2, -0.15) is 0 Å². The summed E-state index contributed by atoms with van der Waals surface area (Å²) in [7, 11) is 0. The molecule has 2 aromatic carbocycles. The second-order valence-electron chi connectivity index (χ2n) is 6.20. The van der Waals surface area contributed by atoms with Crippen LogP contribution in [-0.2, 0) is 4.74 Å². The maximum absolute atomic E-state index is 13.2. The van der Waals surface area contributed by atoms with Crippen LogP contribution in [0.4, 0.5) is 9.18 Å². The van der Waals surface area contributed by atoms with Gasteiger partial charge in [-0.25, -0.2) is 9.18 Å². The van der Waals surface area contributed by atoms with Crippen molar-refractivity contribution in [1.29, 1.82) is 0 Å². The molecule has 0 radical (unpaired) electrons. The van der Waals surface area contributed by atoms with Gasteiger partial charge in [0.25, 0.3) is 0 Å². The molecule has 1 aromatic heterocycles. The molecular formula is C22H14ClFN2O2. The Morgan fingerprint density at radius 2 is 1.86 bits per heavy atom. The lowest BCUT2D eigenvalue weighted by Crippen LogP contribution is -2.20. The minimum Gasteiger partial charge on any atom is -0.439 e. The van der Waals surface area contributed by atoms with E-state index in [1.54, 1.807) is 36.5 Å². The van der Waals surface area contributed by atoms with Gasteiger partial charge in [-0.05, 0) is 42.0 Å². The van der Waals surface area contributed by atoms with Crippen LogP contribution in [0.15, 0.2) is 66.9 Å². The van der Waals surface area contributed by atoms with E-state index in [1.807, 2.05) is 18.2 Å². The number of aromatic nitrogens is 1. The van der Waals surface area contributed by atoms with Crippen molar-refractivity contribution >= 4 is 17.7 Å². The van der Waals surface area contributed by atoms with Crippen LogP contribution in [0.25, 0.3) is 0 Å². The van der Waals surface area contributed by atoms with Gasteiger partial charge < -0.3 is 10.1 Å². The third kappa shape index (κ3) is 3.83. The Morgan fingerprint density at radius 3 is 2.64 bits per heavy atom. The van der Waals surface area contributed by atoms with E-state index in [0.29, 0.717) is 16.3 Å². The number of amides is 1. The number of carbonyl (C=O) groups excluding carboxylic acids is 1. The number of carbonyl (C=O) groups is 1. The van der Waals surface area contributed by atoms with E-state index in [1.165, 1.54) is 12.1 Å². The van der Waals surface area contributed by atoms with E-state index in [4.69, 9.17) is 16.3 Å². The molecule has 2 unspecified atom stereocenters. The smallest absolute Gasteiger partial charge is 0.408 e. The first-order chi connectivity index (χ1) is 13.6. The van der Waals surface area contributed by atoms with Crippen LogP contribution < -0.4 is 5.32 Å². The minimum atomic E-state index is -0.604. The lowest BCUT2D eigenvalue weighted by molar-refractivity contribution is 0.132. The number of nitrogens with one attached hydrogen (secondary N) is 1. The van der Waals surface area contributed by atoms with Crippen molar-refractivity contribution in [1.82, 2.24) is 10.3 Å². The predicted molar refractivity (Wildman–Crippen MR) is 103 cm³/mol. The maximum atomic E-state index is 13.2. The van der Waals surface area contributed by atoms with Crippen LogP contribution in [0.3, 0.4) is 0 Å². The summed E-state index contributed by atoms with van der Waals surface area (Å²) < 4.78 is 18.6. The number of cyclic esters (lactones) is 1. The lowest BCUT2D eigenvalue weighted by atomic mass is 9.99. The minimum absolute atomic E-state index is 0.354. The molecule has 138 valence electrons. The molecule has 4 nitrogen and oxygen atoms in total. The van der Waals surface area contributed by atoms with E-state index < -0.39 is 18.2 Å². The molecule has 2 atom stereocenters. The molecule has 28 heavy (non-hydrogen) atoms. The number of rotatable bonds is 2. The summed E-state index contributed by atoms with van der Waals surface area (Å²) in [6.45, 7) is 0. The molecule has 1 aliphatic heterocycles. The average Bonchev–Trinajstić information content (AvgIpc) is 3.10. The Morgan fingerprint density at radius 1 is 1.07 bits per heavy atom. The highest BCUT2D eigenvalue weighted by Crippen LogP contribution is 2.36. The van der Waals surface area contributed by atoms with E-state index in [2.05, 4.69) is 22.1 Å². The van der Waals surface area contributed by atoms with Crippen LogP contribution in [-0.4, -0.2) is 11.1 Å². The third-order valence-electron chi connectivity index (χ3n) is 4.32. The topological polar surface area (TPSA) is 51.2 Å². The Labute approximate surface area is 166 Å². The van der Waals surface area contributed by atoms with Crippen LogP contribution in [0.1, 0.15) is 34.5 Å². The molecule has 0 saturated carbocycles. The van der Waals surface area contributed by atoms with Crippen molar-refractivity contribution in [3.05, 3.63) is 100 Å². The zero-order chi connectivity index (χ0) is 19.5. The fraction of sp³-hybridized carbons (Fsp3) is 0.0909. The standard InChI is InChI=1S/C22H14ClFN2O2/c23-18-4-2-1-3-15(18)6-5-14-11-12-25-19(13-14)20-21(28-22(27)26-20)16-7-9-17(24)10-8-16/h1-4,7-13,20-21H,(H,26,27). The number of hydrogen-bond acceptors (Lipinski definition) is 3. The second-order valence-corrected chi connectivity index (χ2v) is 6.61. The number of ether oxygens (including phenoxy) is 1. The van der Waals surface area contributed by atoms with Gasteiger partial charge in [0, 0.05) is 17.3 Å². The van der Waals surface area contributed by atoms with Gasteiger partial charge in [0.15, 0.2) is 6.10 Å². The van der Waals surface area contributed by atoms with Crippen LogP contribution in [0.2, 0.25) is 5.02 Å². The summed E-state index contributed by atoms with van der Waals surface area (Å²) >= 11 is 6.13. The summed E-state index contributed by atoms with van der Waals surface area (Å²) in [5, 5.41) is 3.34. The number of benzene rings is 2. The van der Waals surface area contributed by atoms with E-state index in [9.17, 15) is 9.18 Å². The second kappa shape index (κ2) is 7.71. The molecule has 6 heteroatoms. The molecule has 4 rings (SSSR count). The summed E-state index contributed by atoms with van der Waals surface area (Å²) in [5.41, 5.74) is 2.73. The highest BCUT2D eigenvalue weighted by molar-refractivity contribution is 6.31. The van der Waals surface area contributed by atoms with Crippen molar-refractivity contribution in [2.45, 2.75) is 12.1 Å². The van der Waals surface area contributed by atoms with Gasteiger partial charge in [-0.1, -0.05) is 47.7 Å². The Hall–Kier alpha value is -3.36. The quantitative estimate of drug-likeness (QED) is 0.637. The lowest BCUT2D eigenvalue weighted by Gasteiger charge is -2.17. The van der Waals surface area contributed by atoms with Crippen molar-refractivity contribution in [3.8, 4) is 11.8 Å². The Kier molecular flexibility index (Phi) is 4.96. The van der Waals surface area contributed by atoms with Crippen LogP contribution in [0.5, 0.6) is 0 Å². The molecule has 1 saturated heterocycles. The first kappa shape index (κ1) is 18.0. The summed E-state index contributed by atoms with van der Waals surface area (Å²) in [4.78, 5) is 16.2. The molecular weight excluding hydrogens is 379 g/mol. The van der Waals surface area contributed by atoms with Gasteiger partial charge in [0.2, 0.25) is 0 Å². The Bertz CT molecular complexity index is 1090. The first-order valence-corrected chi connectivity index (χ1v) is 8.93. The molecule has 1 amide bonds. The van der Waals surface area contributed by atoms with Crippen molar-refractivity contribution in [2.75, 3.05) is 0 Å². The highest BCUT2D eigenvalue weighted by Gasteiger charge is 2.37. The number of nitrogens with zero attached hydrogens (tertiary/aromatic N) is 1. The molecule has 0 bridgehead atoms. The molecule has 1 aliphatic rings. The fourth-order valence-corrected chi connectivity index (χ4v) is 3.14. The molecule has 1 fully saturated rings. The SMILES string of the molecule is O=C1NC(c2cc(C#Cc3ccccc3Cl)ccn2)C(c2ccc(F)cc2)O1. The zero-order valence-electron chi connectivity index (χ0n) is 14.5. The highest BCUT2D eigenvalue weighted by atomic mass is 35.5. The Balaban J connectivity index is 1.64. The normalized spacial score (nSPS) is 18.0. The maximum Gasteiger partial charge on any atom is 0.408 e. The average molecular weight is 393 g/mol.